The van der Waals surface area contributed by atoms with E-state index >= 15 is 0 Å². The molecule has 0 radical (unpaired) electrons. The minimum atomic E-state index is -0.772. The highest BCUT2D eigenvalue weighted by atomic mass is 19.1. The summed E-state index contributed by atoms with van der Waals surface area (Å²) in [6.45, 7) is 2.21. The van der Waals surface area contributed by atoms with Crippen molar-refractivity contribution in [3.05, 3.63) is 53.6 Å². The zero-order valence-corrected chi connectivity index (χ0v) is 14.0. The summed E-state index contributed by atoms with van der Waals surface area (Å²) < 4.78 is 14.6. The summed E-state index contributed by atoms with van der Waals surface area (Å²) in [5.41, 5.74) is 4.14. The lowest BCUT2D eigenvalue weighted by molar-refractivity contribution is 0.538. The van der Waals surface area contributed by atoms with Gasteiger partial charge in [-0.2, -0.15) is 13.9 Å². The fourth-order valence-corrected chi connectivity index (χ4v) is 3.12. The number of fused-ring (bicyclic) bond motifs is 3. The van der Waals surface area contributed by atoms with Crippen molar-refractivity contribution in [3.63, 3.8) is 0 Å². The molecule has 6 nitrogen and oxygen atoms in total. The fourth-order valence-electron chi connectivity index (χ4n) is 3.12. The Hall–Kier alpha value is -2.83. The number of benzene rings is 1. The second kappa shape index (κ2) is 6.58. The first-order valence-corrected chi connectivity index (χ1v) is 8.57. The van der Waals surface area contributed by atoms with Gasteiger partial charge in [-0.1, -0.05) is 44.0 Å². The zero-order valence-electron chi connectivity index (χ0n) is 14.0. The van der Waals surface area contributed by atoms with Crippen LogP contribution in [0.5, 0.6) is 0 Å². The van der Waals surface area contributed by atoms with Gasteiger partial charge in [0.15, 0.2) is 11.3 Å². The fraction of sp³-hybridized carbons (Fsp3) is 0.333. The van der Waals surface area contributed by atoms with E-state index in [1.54, 1.807) is 0 Å². The van der Waals surface area contributed by atoms with Gasteiger partial charge in [0, 0.05) is 6.42 Å². The van der Waals surface area contributed by atoms with Crippen molar-refractivity contribution in [1.29, 1.82) is 0 Å². The van der Waals surface area contributed by atoms with Crippen molar-refractivity contribution in [1.82, 2.24) is 29.5 Å². The maximum absolute atomic E-state index is 13.3. The molecule has 0 aliphatic carbocycles. The molecule has 3 heterocycles. The van der Waals surface area contributed by atoms with Crippen molar-refractivity contribution in [2.45, 2.75) is 39.0 Å². The number of imidazole rings is 1. The molecule has 128 valence electrons. The Morgan fingerprint density at radius 1 is 1.12 bits per heavy atom. The van der Waals surface area contributed by atoms with Crippen LogP contribution in [0.3, 0.4) is 0 Å². The molecule has 1 aromatic carbocycles. The Morgan fingerprint density at radius 2 is 1.96 bits per heavy atom. The average molecular weight is 338 g/mol. The number of unbranched alkanes of at least 4 members (excludes halogenated alkanes) is 2. The average Bonchev–Trinajstić information content (AvgIpc) is 3.18. The van der Waals surface area contributed by atoms with Crippen molar-refractivity contribution < 1.29 is 4.39 Å². The van der Waals surface area contributed by atoms with Crippen molar-refractivity contribution in [2.24, 2.45) is 0 Å². The number of aromatic nitrogens is 6. The molecule has 0 aliphatic rings. The highest BCUT2D eigenvalue weighted by Gasteiger charge is 2.13. The number of hydrogen-bond donors (Lipinski definition) is 1. The van der Waals surface area contributed by atoms with Crippen LogP contribution in [0.1, 0.15) is 43.1 Å². The van der Waals surface area contributed by atoms with Gasteiger partial charge in [-0.3, -0.25) is 0 Å². The number of H-pyrrole nitrogens is 1. The van der Waals surface area contributed by atoms with Crippen LogP contribution < -0.4 is 0 Å². The molecule has 0 saturated carbocycles. The predicted octanol–water partition coefficient (Wildman–Crippen LogP) is 3.46. The van der Waals surface area contributed by atoms with E-state index in [2.05, 4.69) is 50.2 Å². The molecule has 0 fully saturated rings. The van der Waals surface area contributed by atoms with Crippen LogP contribution in [-0.4, -0.2) is 29.5 Å². The Kier molecular flexibility index (Phi) is 4.13. The number of rotatable bonds is 6. The van der Waals surface area contributed by atoms with Crippen molar-refractivity contribution in [2.75, 3.05) is 0 Å². The third kappa shape index (κ3) is 3.09. The van der Waals surface area contributed by atoms with E-state index < -0.39 is 6.08 Å². The Labute approximate surface area is 144 Å². The van der Waals surface area contributed by atoms with Crippen molar-refractivity contribution >= 4 is 16.8 Å². The molecule has 4 aromatic rings. The minimum Gasteiger partial charge on any atom is -0.337 e. The first-order valence-electron chi connectivity index (χ1n) is 8.57. The van der Waals surface area contributed by atoms with Crippen molar-refractivity contribution in [3.8, 4) is 0 Å². The molecule has 0 bridgehead atoms. The van der Waals surface area contributed by atoms with E-state index in [1.165, 1.54) is 41.2 Å². The predicted molar refractivity (Wildman–Crippen MR) is 92.9 cm³/mol. The second-order valence-corrected chi connectivity index (χ2v) is 6.18. The monoisotopic (exact) mass is 338 g/mol. The maximum atomic E-state index is 13.3. The van der Waals surface area contributed by atoms with Gasteiger partial charge in [0.25, 0.3) is 0 Å². The van der Waals surface area contributed by atoms with E-state index in [-0.39, 0.29) is 0 Å². The molecule has 0 unspecified atom stereocenters. The van der Waals surface area contributed by atoms with Gasteiger partial charge in [0.1, 0.15) is 17.7 Å². The lowest BCUT2D eigenvalue weighted by Crippen LogP contribution is -1.97. The molecule has 0 aliphatic heterocycles. The number of nitrogens with zero attached hydrogens (tertiary/aromatic N) is 5. The number of nitrogens with one attached hydrogen (secondary N) is 1. The largest absolute Gasteiger partial charge is 0.337 e. The molecule has 25 heavy (non-hydrogen) atoms. The Bertz CT molecular complexity index is 1020. The van der Waals surface area contributed by atoms with Gasteiger partial charge in [0.2, 0.25) is 0 Å². The standard InChI is InChI=1S/C18H19FN6/c1-2-3-4-7-12-8-5-6-9-13(12)10-14-21-15-16(22-14)20-11-25-17(15)23-18(19)24-25/h5-6,8-9,11H,2-4,7,10H2,1H3,(H,21,22). The van der Waals surface area contributed by atoms with Crippen LogP contribution in [0, 0.1) is 6.08 Å². The van der Waals surface area contributed by atoms with Crippen LogP contribution >= 0.6 is 0 Å². The first-order chi connectivity index (χ1) is 12.2. The highest BCUT2D eigenvalue weighted by molar-refractivity contribution is 5.84. The van der Waals surface area contributed by atoms with E-state index in [9.17, 15) is 4.39 Å². The zero-order chi connectivity index (χ0) is 17.2. The van der Waals surface area contributed by atoms with Crippen LogP contribution in [0.15, 0.2) is 30.6 Å². The normalized spacial score (nSPS) is 11.6. The van der Waals surface area contributed by atoms with Gasteiger partial charge in [0.05, 0.1) is 0 Å². The quantitative estimate of drug-likeness (QED) is 0.547. The molecule has 0 atom stereocenters. The summed E-state index contributed by atoms with van der Waals surface area (Å²) in [4.78, 5) is 15.8. The first kappa shape index (κ1) is 15.7. The summed E-state index contributed by atoms with van der Waals surface area (Å²) in [7, 11) is 0. The lowest BCUT2D eigenvalue weighted by atomic mass is 9.99. The summed E-state index contributed by atoms with van der Waals surface area (Å²) in [6, 6.07) is 8.44. The van der Waals surface area contributed by atoms with E-state index in [1.807, 2.05) is 6.07 Å². The molecule has 1 N–H and O–H groups in total. The van der Waals surface area contributed by atoms with Gasteiger partial charge < -0.3 is 4.98 Å². The van der Waals surface area contributed by atoms with Crippen LogP contribution in [0.2, 0.25) is 0 Å². The summed E-state index contributed by atoms with van der Waals surface area (Å²) in [5, 5.41) is 3.64. The van der Waals surface area contributed by atoms with E-state index in [0.29, 0.717) is 23.2 Å². The number of aromatic amines is 1. The molecule has 0 spiro atoms. The Morgan fingerprint density at radius 3 is 2.80 bits per heavy atom. The molecule has 4 rings (SSSR count). The van der Waals surface area contributed by atoms with Crippen LogP contribution in [0.25, 0.3) is 16.8 Å². The van der Waals surface area contributed by atoms with E-state index in [0.717, 1.165) is 12.2 Å². The number of aryl methyl sites for hydroxylation is 1. The summed E-state index contributed by atoms with van der Waals surface area (Å²) in [6.07, 6.45) is 6.05. The topological polar surface area (TPSA) is 71.8 Å². The minimum absolute atomic E-state index is 0.400. The summed E-state index contributed by atoms with van der Waals surface area (Å²) in [5.74, 6) is 0.793. The molecular weight excluding hydrogens is 319 g/mol. The Balaban J connectivity index is 1.66. The van der Waals surface area contributed by atoms with E-state index in [4.69, 9.17) is 0 Å². The lowest BCUT2D eigenvalue weighted by Gasteiger charge is -2.07. The highest BCUT2D eigenvalue weighted by Crippen LogP contribution is 2.19. The number of hydrogen-bond acceptors (Lipinski definition) is 4. The molecule has 0 amide bonds. The third-order valence-electron chi connectivity index (χ3n) is 4.38. The SMILES string of the molecule is CCCCCc1ccccc1Cc1nc2ncn3nc(F)nc3c2[nH]1. The van der Waals surface area contributed by atoms with Crippen LogP contribution in [-0.2, 0) is 12.8 Å². The van der Waals surface area contributed by atoms with Gasteiger partial charge in [-0.15, -0.1) is 5.10 Å². The molecule has 7 heteroatoms. The second-order valence-electron chi connectivity index (χ2n) is 6.18. The smallest absolute Gasteiger partial charge is 0.328 e. The van der Waals surface area contributed by atoms with Gasteiger partial charge in [-0.05, 0) is 24.0 Å². The molecule has 0 saturated heterocycles. The van der Waals surface area contributed by atoms with Crippen LogP contribution in [0.4, 0.5) is 4.39 Å². The molecule has 3 aromatic heterocycles. The molecular formula is C18H19FN6. The third-order valence-corrected chi connectivity index (χ3v) is 4.38. The number of halogens is 1. The summed E-state index contributed by atoms with van der Waals surface area (Å²) >= 11 is 0. The van der Waals surface area contributed by atoms with Gasteiger partial charge >= 0.3 is 6.08 Å². The van der Waals surface area contributed by atoms with Gasteiger partial charge in [-0.25, -0.2) is 9.97 Å². The maximum Gasteiger partial charge on any atom is 0.328 e.